The Hall–Kier alpha value is -14.6. The van der Waals surface area contributed by atoms with E-state index in [1.807, 2.05) is 182 Å². The maximum atomic E-state index is 6.39. The van der Waals surface area contributed by atoms with Crippen LogP contribution in [0.3, 0.4) is 0 Å². The quantitative estimate of drug-likeness (QED) is 0.119. The highest BCUT2D eigenvalue weighted by molar-refractivity contribution is 9.10. The first-order valence-corrected chi connectivity index (χ1v) is 40.0. The van der Waals surface area contributed by atoms with Gasteiger partial charge in [-0.3, -0.25) is 17.9 Å². The number of benzene rings is 14. The Labute approximate surface area is 686 Å². The van der Waals surface area contributed by atoms with Gasteiger partial charge in [-0.15, -0.1) is 0 Å². The number of hydrogen-bond acceptors (Lipinski definition) is 12. The number of nitrogens with zero attached hydrogens (tertiary/aromatic N) is 14. The fourth-order valence-corrected chi connectivity index (χ4v) is 16.4. The van der Waals surface area contributed by atoms with Crippen molar-refractivity contribution in [1.82, 2.24) is 67.8 Å². The van der Waals surface area contributed by atoms with Crippen molar-refractivity contribution >= 4 is 127 Å². The molecule has 23 rings (SSSR count). The Morgan fingerprint density at radius 1 is 0.246 bits per heavy atom. The van der Waals surface area contributed by atoms with Crippen LogP contribution >= 0.6 is 15.9 Å². The third kappa shape index (κ3) is 12.6. The number of fused-ring (bicyclic) bond motifs is 16. The lowest BCUT2D eigenvalue weighted by atomic mass is 9.78. The lowest BCUT2D eigenvalue weighted by Crippen LogP contribution is -2.41. The first-order valence-electron chi connectivity index (χ1n) is 39.2. The molecule has 118 heavy (non-hydrogen) atoms. The standard InChI is InChI=1S/C47H29N7.C32H27BN4O2.C21H14BrN3/c1-3-14-30(15-4-1)43-50-44(31-16-5-2-6-17-31)52-45(51-43)34-19-13-18-32(28-34)33-26-27-41-37(29-33)35-20-8-11-24-40(35)53(41)47-49-38-22-9-7-21-36(38)46-48-39-23-10-12-25-42(39)54(46)47;1-31(2)32(3,4)39-33(38-31)20-17-18-27-23(19-20)21-11-6-9-15-26(21)36(27)30-35-24-13-7-5-12-22(24)29-34-25-14-8-10-16-28(25)37(29)30;22-18-13-7-12-17(14-18)21-24-19(15-8-3-1-4-9-15)23-20(25-21)16-10-5-2-6-11-16/h1-29H;5-19H,1-4H3;1-14H. The zero-order valence-corrected chi connectivity index (χ0v) is 66.1. The van der Waals surface area contributed by atoms with E-state index >= 15 is 0 Å². The largest absolute Gasteiger partial charge is 0.494 e. The van der Waals surface area contributed by atoms with Crippen LogP contribution in [0.25, 0.3) is 190 Å². The molecular formula is C100H70BBrN14O2. The molecule has 0 unspecified atom stereocenters. The van der Waals surface area contributed by atoms with Gasteiger partial charge in [0.1, 0.15) is 11.3 Å². The van der Waals surface area contributed by atoms with Crippen LogP contribution in [0.4, 0.5) is 0 Å². The second kappa shape index (κ2) is 29.1. The van der Waals surface area contributed by atoms with Crippen LogP contribution in [0.2, 0.25) is 0 Å². The highest BCUT2D eigenvalue weighted by atomic mass is 79.9. The van der Waals surface area contributed by atoms with Crippen LogP contribution < -0.4 is 5.46 Å². The number of aromatic nitrogens is 14. The molecule has 22 aromatic rings. The number of rotatable bonds is 10. The maximum absolute atomic E-state index is 6.39. The smallest absolute Gasteiger partial charge is 0.399 e. The molecule has 16 nitrogen and oxygen atoms in total. The van der Waals surface area contributed by atoms with Crippen molar-refractivity contribution in [2.75, 3.05) is 0 Å². The molecule has 9 heterocycles. The monoisotopic (exact) mass is 1590 g/mol. The molecule has 14 aromatic carbocycles. The zero-order valence-electron chi connectivity index (χ0n) is 64.5. The molecule has 8 aromatic heterocycles. The highest BCUT2D eigenvalue weighted by Crippen LogP contribution is 2.42. The number of halogens is 1. The zero-order chi connectivity index (χ0) is 79.2. The van der Waals surface area contributed by atoms with Crippen LogP contribution in [0.15, 0.2) is 356 Å². The van der Waals surface area contributed by atoms with Gasteiger partial charge in [0.2, 0.25) is 11.9 Å². The van der Waals surface area contributed by atoms with Gasteiger partial charge in [-0.25, -0.2) is 49.8 Å². The molecule has 0 radical (unpaired) electrons. The molecule has 18 heteroatoms. The van der Waals surface area contributed by atoms with Gasteiger partial charge in [0.05, 0.1) is 66.4 Å². The minimum atomic E-state index is -0.426. The van der Waals surface area contributed by atoms with Crippen molar-refractivity contribution in [3.05, 3.63) is 356 Å². The van der Waals surface area contributed by atoms with Crippen LogP contribution in [0.5, 0.6) is 0 Å². The van der Waals surface area contributed by atoms with Crippen LogP contribution in [0.1, 0.15) is 27.7 Å². The van der Waals surface area contributed by atoms with Crippen molar-refractivity contribution in [1.29, 1.82) is 0 Å². The van der Waals surface area contributed by atoms with Gasteiger partial charge in [0.25, 0.3) is 0 Å². The summed E-state index contributed by atoms with van der Waals surface area (Å²) >= 11 is 3.52. The van der Waals surface area contributed by atoms with Gasteiger partial charge in [0.15, 0.2) is 34.9 Å². The molecule has 1 aliphatic rings. The van der Waals surface area contributed by atoms with Gasteiger partial charge >= 0.3 is 7.12 Å². The summed E-state index contributed by atoms with van der Waals surface area (Å²) in [5, 5.41) is 6.62. The Morgan fingerprint density at radius 2 is 0.568 bits per heavy atom. The number of para-hydroxylation sites is 8. The van der Waals surface area contributed by atoms with E-state index < -0.39 is 18.3 Å². The van der Waals surface area contributed by atoms with Gasteiger partial charge in [-0.2, -0.15) is 0 Å². The van der Waals surface area contributed by atoms with Crippen molar-refractivity contribution in [3.63, 3.8) is 0 Å². The van der Waals surface area contributed by atoms with Crippen molar-refractivity contribution < 1.29 is 9.31 Å². The molecule has 1 aliphatic heterocycles. The molecule has 562 valence electrons. The minimum absolute atomic E-state index is 0.399. The van der Waals surface area contributed by atoms with E-state index in [9.17, 15) is 0 Å². The summed E-state index contributed by atoms with van der Waals surface area (Å²) in [4.78, 5) is 49.6. The molecule has 1 saturated heterocycles. The molecule has 0 bridgehead atoms. The molecule has 0 N–H and O–H groups in total. The van der Waals surface area contributed by atoms with Crippen molar-refractivity contribution in [2.24, 2.45) is 0 Å². The lowest BCUT2D eigenvalue weighted by Gasteiger charge is -2.32. The predicted octanol–water partition coefficient (Wildman–Crippen LogP) is 23.1. The summed E-state index contributed by atoms with van der Waals surface area (Å²) in [7, 11) is -0.426. The lowest BCUT2D eigenvalue weighted by molar-refractivity contribution is 0.00578. The third-order valence-corrected chi connectivity index (χ3v) is 23.0. The first-order chi connectivity index (χ1) is 57.9. The average molecular weight is 1590 g/mol. The predicted molar refractivity (Wildman–Crippen MR) is 479 cm³/mol. The van der Waals surface area contributed by atoms with Crippen molar-refractivity contribution in [2.45, 2.75) is 38.9 Å². The van der Waals surface area contributed by atoms with Crippen LogP contribution in [-0.2, 0) is 9.31 Å². The van der Waals surface area contributed by atoms with Crippen molar-refractivity contribution in [3.8, 4) is 91.4 Å². The Bertz CT molecular complexity index is 7550. The molecular weight excluding hydrogens is 1520 g/mol. The number of imidazole rings is 2. The molecule has 1 fully saturated rings. The fourth-order valence-electron chi connectivity index (χ4n) is 16.0. The van der Waals surface area contributed by atoms with E-state index in [0.717, 1.165) is 165 Å². The van der Waals surface area contributed by atoms with Gasteiger partial charge in [-0.05, 0) is 141 Å². The van der Waals surface area contributed by atoms with E-state index in [1.165, 1.54) is 0 Å². The summed E-state index contributed by atoms with van der Waals surface area (Å²) in [5.74, 6) is 5.52. The van der Waals surface area contributed by atoms with Crippen LogP contribution in [-0.4, -0.2) is 86.1 Å². The van der Waals surface area contributed by atoms with E-state index in [0.29, 0.717) is 34.9 Å². The SMILES string of the molecule is Brc1cccc(-c2nc(-c3ccccc3)nc(-c3ccccc3)n2)c1.CC1(C)OB(c2ccc3c(c2)c2ccccc2n3-c2nc3ccccc3c3nc4ccccc4n23)OC1(C)C.c1ccc(-c2nc(-c3ccccc3)nc(-c3cccc(-c4ccc5c(c4)c4ccccc4n5-c4nc5ccccc5c5nc6ccccc6n45)c3)n2)cc1. The van der Waals surface area contributed by atoms with E-state index in [1.54, 1.807) is 0 Å². The Balaban J connectivity index is 0.000000118. The summed E-state index contributed by atoms with van der Waals surface area (Å²) in [6.45, 7) is 8.35. The Kier molecular flexibility index (Phi) is 17.5. The molecule has 0 spiro atoms. The number of hydrogen-bond donors (Lipinski definition) is 0. The second-order valence-electron chi connectivity index (χ2n) is 30.3. The van der Waals surface area contributed by atoms with Gasteiger partial charge in [0, 0.05) is 70.2 Å². The third-order valence-electron chi connectivity index (χ3n) is 22.5. The van der Waals surface area contributed by atoms with E-state index in [2.05, 4.69) is 236 Å². The summed E-state index contributed by atoms with van der Waals surface area (Å²) in [6.07, 6.45) is 0. The average Bonchev–Trinajstić information content (AvgIpc) is 1.56. The summed E-state index contributed by atoms with van der Waals surface area (Å²) in [6, 6.07) is 120. The molecule has 0 atom stereocenters. The topological polar surface area (TPSA) is 166 Å². The van der Waals surface area contributed by atoms with Gasteiger partial charge in [-0.1, -0.05) is 271 Å². The summed E-state index contributed by atoms with van der Waals surface area (Å²) in [5.41, 5.74) is 19.9. The summed E-state index contributed by atoms with van der Waals surface area (Å²) < 4.78 is 22.7. The first kappa shape index (κ1) is 71.2. The Morgan fingerprint density at radius 3 is 1.01 bits per heavy atom. The molecule has 0 amide bonds. The second-order valence-corrected chi connectivity index (χ2v) is 31.3. The maximum Gasteiger partial charge on any atom is 0.494 e. The minimum Gasteiger partial charge on any atom is -0.399 e. The normalized spacial score (nSPS) is 13.2. The van der Waals surface area contributed by atoms with E-state index in [-0.39, 0.29) is 0 Å². The van der Waals surface area contributed by atoms with Crippen LogP contribution in [0, 0.1) is 0 Å². The van der Waals surface area contributed by atoms with Gasteiger partial charge < -0.3 is 9.31 Å². The molecule has 0 aliphatic carbocycles. The highest BCUT2D eigenvalue weighted by Gasteiger charge is 2.52. The fraction of sp³-hybridized carbons (Fsp3) is 0.0600. The van der Waals surface area contributed by atoms with E-state index in [4.69, 9.17) is 54.2 Å². The molecule has 0 saturated carbocycles.